The zero-order valence-electron chi connectivity index (χ0n) is 9.04. The molecule has 1 saturated carbocycles. The summed E-state index contributed by atoms with van der Waals surface area (Å²) in [5, 5.41) is 3.30. The Balaban J connectivity index is 2.16. The SMILES string of the molecule is COC(=O)C1CCNC2(CCCC2)C1=O. The van der Waals surface area contributed by atoms with Gasteiger partial charge in [-0.05, 0) is 25.8 Å². The van der Waals surface area contributed by atoms with Gasteiger partial charge in [0.2, 0.25) is 0 Å². The summed E-state index contributed by atoms with van der Waals surface area (Å²) in [5.74, 6) is -0.847. The number of ketones is 1. The standard InChI is InChI=1S/C11H17NO3/c1-15-10(14)8-4-7-12-11(9(8)13)5-2-3-6-11/h8,12H,2-7H2,1H3. The molecule has 1 N–H and O–H groups in total. The van der Waals surface area contributed by atoms with Crippen molar-refractivity contribution in [1.82, 2.24) is 5.32 Å². The Hall–Kier alpha value is -0.900. The molecule has 0 aromatic heterocycles. The number of methoxy groups -OCH3 is 1. The summed E-state index contributed by atoms with van der Waals surface area (Å²) in [7, 11) is 1.35. The number of hydrogen-bond acceptors (Lipinski definition) is 4. The quantitative estimate of drug-likeness (QED) is 0.511. The van der Waals surface area contributed by atoms with Crippen LogP contribution in [0.25, 0.3) is 0 Å². The number of nitrogens with one attached hydrogen (secondary N) is 1. The Morgan fingerprint density at radius 2 is 2.13 bits per heavy atom. The third kappa shape index (κ3) is 1.67. The summed E-state index contributed by atoms with van der Waals surface area (Å²) in [4.78, 5) is 23.6. The van der Waals surface area contributed by atoms with Gasteiger partial charge in [0.05, 0.1) is 12.6 Å². The smallest absolute Gasteiger partial charge is 0.316 e. The molecule has 1 unspecified atom stereocenters. The molecule has 1 saturated heterocycles. The van der Waals surface area contributed by atoms with Crippen molar-refractivity contribution >= 4 is 11.8 Å². The van der Waals surface area contributed by atoms with Gasteiger partial charge in [0.25, 0.3) is 0 Å². The highest BCUT2D eigenvalue weighted by Crippen LogP contribution is 2.35. The van der Waals surface area contributed by atoms with E-state index in [1.807, 2.05) is 0 Å². The van der Waals surface area contributed by atoms with Crippen LogP contribution >= 0.6 is 0 Å². The van der Waals surface area contributed by atoms with Crippen molar-refractivity contribution in [3.8, 4) is 0 Å². The number of esters is 1. The molecule has 1 heterocycles. The minimum absolute atomic E-state index is 0.0538. The predicted molar refractivity (Wildman–Crippen MR) is 54.3 cm³/mol. The Morgan fingerprint density at radius 1 is 1.47 bits per heavy atom. The summed E-state index contributed by atoms with van der Waals surface area (Å²) in [6.07, 6.45) is 4.48. The summed E-state index contributed by atoms with van der Waals surface area (Å²) in [6, 6.07) is 0. The van der Waals surface area contributed by atoms with Crippen molar-refractivity contribution in [3.05, 3.63) is 0 Å². The van der Waals surface area contributed by atoms with Gasteiger partial charge in [-0.15, -0.1) is 0 Å². The van der Waals surface area contributed by atoms with E-state index in [0.717, 1.165) is 32.2 Å². The van der Waals surface area contributed by atoms with E-state index in [2.05, 4.69) is 10.1 Å². The number of Topliss-reactive ketones (excluding diaryl/α,β-unsaturated/α-hetero) is 1. The van der Waals surface area contributed by atoms with Crippen molar-refractivity contribution in [2.75, 3.05) is 13.7 Å². The molecule has 0 amide bonds. The molecule has 1 aliphatic carbocycles. The van der Waals surface area contributed by atoms with Crippen LogP contribution in [-0.4, -0.2) is 30.9 Å². The fourth-order valence-electron chi connectivity index (χ4n) is 2.78. The average molecular weight is 211 g/mol. The van der Waals surface area contributed by atoms with E-state index in [4.69, 9.17) is 0 Å². The molecule has 2 aliphatic rings. The zero-order valence-corrected chi connectivity index (χ0v) is 9.04. The lowest BCUT2D eigenvalue weighted by atomic mass is 9.79. The first-order valence-corrected chi connectivity index (χ1v) is 5.57. The van der Waals surface area contributed by atoms with Gasteiger partial charge in [0.1, 0.15) is 5.92 Å². The highest BCUT2D eigenvalue weighted by atomic mass is 16.5. The van der Waals surface area contributed by atoms with Crippen LogP contribution in [0.5, 0.6) is 0 Å². The van der Waals surface area contributed by atoms with Crippen LogP contribution in [-0.2, 0) is 14.3 Å². The number of rotatable bonds is 1. The second kappa shape index (κ2) is 3.93. The molecule has 84 valence electrons. The van der Waals surface area contributed by atoms with E-state index in [-0.39, 0.29) is 11.8 Å². The largest absolute Gasteiger partial charge is 0.468 e. The van der Waals surface area contributed by atoms with E-state index < -0.39 is 11.5 Å². The summed E-state index contributed by atoms with van der Waals surface area (Å²) in [6.45, 7) is 0.742. The molecule has 4 nitrogen and oxygen atoms in total. The molecule has 15 heavy (non-hydrogen) atoms. The molecule has 1 spiro atoms. The van der Waals surface area contributed by atoms with Crippen LogP contribution < -0.4 is 5.32 Å². The van der Waals surface area contributed by atoms with Crippen LogP contribution in [0.1, 0.15) is 32.1 Å². The normalized spacial score (nSPS) is 29.4. The van der Waals surface area contributed by atoms with Crippen LogP contribution in [0.15, 0.2) is 0 Å². The first kappa shape index (κ1) is 10.6. The molecular weight excluding hydrogens is 194 g/mol. The third-order valence-electron chi connectivity index (χ3n) is 3.63. The van der Waals surface area contributed by atoms with Crippen molar-refractivity contribution < 1.29 is 14.3 Å². The van der Waals surface area contributed by atoms with E-state index in [1.165, 1.54) is 7.11 Å². The van der Waals surface area contributed by atoms with Crippen molar-refractivity contribution in [2.24, 2.45) is 5.92 Å². The van der Waals surface area contributed by atoms with E-state index >= 15 is 0 Å². The molecule has 0 radical (unpaired) electrons. The van der Waals surface area contributed by atoms with E-state index in [1.54, 1.807) is 0 Å². The molecule has 0 aromatic carbocycles. The first-order chi connectivity index (χ1) is 7.19. The van der Waals surface area contributed by atoms with Gasteiger partial charge in [-0.25, -0.2) is 0 Å². The number of carbonyl (C=O) groups excluding carboxylic acids is 2. The first-order valence-electron chi connectivity index (χ1n) is 5.57. The molecule has 2 rings (SSSR count). The topological polar surface area (TPSA) is 55.4 Å². The highest BCUT2D eigenvalue weighted by Gasteiger charge is 2.48. The maximum atomic E-state index is 12.2. The lowest BCUT2D eigenvalue weighted by Crippen LogP contribution is -2.58. The van der Waals surface area contributed by atoms with Crippen molar-refractivity contribution in [2.45, 2.75) is 37.6 Å². The van der Waals surface area contributed by atoms with Crippen molar-refractivity contribution in [1.29, 1.82) is 0 Å². The molecule has 0 bridgehead atoms. The molecule has 1 atom stereocenters. The Labute approximate surface area is 89.4 Å². The van der Waals surface area contributed by atoms with Gasteiger partial charge >= 0.3 is 5.97 Å². The molecule has 0 aromatic rings. The minimum Gasteiger partial charge on any atom is -0.468 e. The van der Waals surface area contributed by atoms with Gasteiger partial charge in [-0.1, -0.05) is 12.8 Å². The summed E-state index contributed by atoms with van der Waals surface area (Å²) >= 11 is 0. The van der Waals surface area contributed by atoms with Crippen LogP contribution in [0, 0.1) is 5.92 Å². The second-order valence-electron chi connectivity index (χ2n) is 4.44. The summed E-state index contributed by atoms with van der Waals surface area (Å²) in [5.41, 5.74) is -0.406. The highest BCUT2D eigenvalue weighted by molar-refractivity contribution is 6.04. The molecule has 1 aliphatic heterocycles. The van der Waals surface area contributed by atoms with E-state index in [0.29, 0.717) is 6.42 Å². The monoisotopic (exact) mass is 211 g/mol. The maximum absolute atomic E-state index is 12.2. The fourth-order valence-corrected chi connectivity index (χ4v) is 2.78. The van der Waals surface area contributed by atoms with Crippen LogP contribution in [0.3, 0.4) is 0 Å². The number of piperidine rings is 1. The van der Waals surface area contributed by atoms with Crippen LogP contribution in [0.4, 0.5) is 0 Å². The lowest BCUT2D eigenvalue weighted by Gasteiger charge is -2.36. The summed E-state index contributed by atoms with van der Waals surface area (Å²) < 4.78 is 4.68. The average Bonchev–Trinajstić information content (AvgIpc) is 2.71. The Morgan fingerprint density at radius 3 is 2.73 bits per heavy atom. The predicted octanol–water partition coefficient (Wildman–Crippen LogP) is 0.651. The fraction of sp³-hybridized carbons (Fsp3) is 0.818. The minimum atomic E-state index is -0.533. The second-order valence-corrected chi connectivity index (χ2v) is 4.44. The van der Waals surface area contributed by atoms with Gasteiger partial charge in [0, 0.05) is 0 Å². The maximum Gasteiger partial charge on any atom is 0.316 e. The molecule has 4 heteroatoms. The van der Waals surface area contributed by atoms with Gasteiger partial charge < -0.3 is 10.1 Å². The van der Waals surface area contributed by atoms with Gasteiger partial charge in [0.15, 0.2) is 5.78 Å². The number of carbonyl (C=O) groups is 2. The Kier molecular flexibility index (Phi) is 2.78. The zero-order chi connectivity index (χ0) is 10.9. The molecule has 2 fully saturated rings. The Bertz CT molecular complexity index is 282. The van der Waals surface area contributed by atoms with Gasteiger partial charge in [-0.3, -0.25) is 9.59 Å². The lowest BCUT2D eigenvalue weighted by molar-refractivity contribution is -0.153. The van der Waals surface area contributed by atoms with E-state index in [9.17, 15) is 9.59 Å². The van der Waals surface area contributed by atoms with Crippen LogP contribution in [0.2, 0.25) is 0 Å². The third-order valence-corrected chi connectivity index (χ3v) is 3.63. The van der Waals surface area contributed by atoms with Crippen molar-refractivity contribution in [3.63, 3.8) is 0 Å². The molecular formula is C11H17NO3. The number of ether oxygens (including phenoxy) is 1. The van der Waals surface area contributed by atoms with Gasteiger partial charge in [-0.2, -0.15) is 0 Å². The number of hydrogen-bond donors (Lipinski definition) is 1.